The van der Waals surface area contributed by atoms with Crippen LogP contribution >= 0.6 is 24.0 Å². The molecule has 1 heterocycles. The molecule has 0 amide bonds. The SMILES string of the molecule is I.O=[N+]([O-])c1cccc(CCCc2ccncc2)c1. The van der Waals surface area contributed by atoms with Gasteiger partial charge in [0.1, 0.15) is 0 Å². The Bertz CT molecular complexity index is 532. The first kappa shape index (κ1) is 15.6. The van der Waals surface area contributed by atoms with Crippen molar-refractivity contribution < 1.29 is 4.92 Å². The van der Waals surface area contributed by atoms with Gasteiger partial charge in [-0.05, 0) is 42.5 Å². The first-order valence-electron chi connectivity index (χ1n) is 5.88. The van der Waals surface area contributed by atoms with Gasteiger partial charge in [-0.1, -0.05) is 12.1 Å². The number of nitro benzene ring substituents is 1. The van der Waals surface area contributed by atoms with Gasteiger partial charge >= 0.3 is 0 Å². The third kappa shape index (κ3) is 4.94. The average molecular weight is 370 g/mol. The molecule has 4 nitrogen and oxygen atoms in total. The van der Waals surface area contributed by atoms with Crippen LogP contribution in [0.2, 0.25) is 0 Å². The Morgan fingerprint density at radius 1 is 1.05 bits per heavy atom. The van der Waals surface area contributed by atoms with E-state index < -0.39 is 0 Å². The van der Waals surface area contributed by atoms with E-state index in [0.717, 1.165) is 24.8 Å². The van der Waals surface area contributed by atoms with Crippen molar-refractivity contribution in [1.82, 2.24) is 4.98 Å². The van der Waals surface area contributed by atoms with Crippen molar-refractivity contribution in [1.29, 1.82) is 0 Å². The van der Waals surface area contributed by atoms with Gasteiger partial charge in [-0.2, -0.15) is 0 Å². The summed E-state index contributed by atoms with van der Waals surface area (Å²) >= 11 is 0. The summed E-state index contributed by atoms with van der Waals surface area (Å²) < 4.78 is 0. The predicted molar refractivity (Wildman–Crippen MR) is 84.8 cm³/mol. The highest BCUT2D eigenvalue weighted by atomic mass is 127. The minimum absolute atomic E-state index is 0. The van der Waals surface area contributed by atoms with Gasteiger partial charge in [0.2, 0.25) is 0 Å². The minimum Gasteiger partial charge on any atom is -0.265 e. The summed E-state index contributed by atoms with van der Waals surface area (Å²) in [6, 6.07) is 10.8. The quantitative estimate of drug-likeness (QED) is 0.457. The average Bonchev–Trinajstić information content (AvgIpc) is 2.40. The van der Waals surface area contributed by atoms with Gasteiger partial charge in [-0.3, -0.25) is 15.1 Å². The van der Waals surface area contributed by atoms with Crippen molar-refractivity contribution in [2.75, 3.05) is 0 Å². The van der Waals surface area contributed by atoms with E-state index in [2.05, 4.69) is 4.98 Å². The van der Waals surface area contributed by atoms with Crippen molar-refractivity contribution in [3.63, 3.8) is 0 Å². The molecule has 100 valence electrons. The van der Waals surface area contributed by atoms with Crippen molar-refractivity contribution in [3.05, 3.63) is 70.0 Å². The van der Waals surface area contributed by atoms with Crippen LogP contribution in [0.1, 0.15) is 17.5 Å². The second-order valence-corrected chi connectivity index (χ2v) is 4.14. The van der Waals surface area contributed by atoms with Crippen LogP contribution in [0.4, 0.5) is 5.69 Å². The number of benzene rings is 1. The Hall–Kier alpha value is -1.50. The number of pyridine rings is 1. The Labute approximate surface area is 129 Å². The standard InChI is InChI=1S/C14H14N2O2.HI/c17-16(18)14-6-2-5-13(11-14)4-1-3-12-7-9-15-10-8-12;/h2,5-11H,1,3-4H2;1H. The predicted octanol–water partition coefficient (Wildman–Crippen LogP) is 3.78. The molecule has 1 aromatic carbocycles. The lowest BCUT2D eigenvalue weighted by Gasteiger charge is -2.02. The lowest BCUT2D eigenvalue weighted by atomic mass is 10.0. The molecule has 0 radical (unpaired) electrons. The monoisotopic (exact) mass is 370 g/mol. The molecule has 0 aliphatic carbocycles. The van der Waals surface area contributed by atoms with Crippen LogP contribution in [0, 0.1) is 10.1 Å². The number of aromatic nitrogens is 1. The molecular weight excluding hydrogens is 355 g/mol. The van der Waals surface area contributed by atoms with Gasteiger partial charge in [-0.25, -0.2) is 0 Å². The largest absolute Gasteiger partial charge is 0.269 e. The molecule has 0 N–H and O–H groups in total. The van der Waals surface area contributed by atoms with Gasteiger partial charge < -0.3 is 0 Å². The lowest BCUT2D eigenvalue weighted by Crippen LogP contribution is -1.93. The Balaban J connectivity index is 0.00000180. The molecule has 0 saturated heterocycles. The Morgan fingerprint density at radius 2 is 1.74 bits per heavy atom. The van der Waals surface area contributed by atoms with Crippen LogP contribution in [0.15, 0.2) is 48.8 Å². The summed E-state index contributed by atoms with van der Waals surface area (Å²) in [6.07, 6.45) is 6.35. The molecule has 2 rings (SSSR count). The Kier molecular flexibility index (Phi) is 6.41. The summed E-state index contributed by atoms with van der Waals surface area (Å²) in [4.78, 5) is 14.3. The number of non-ortho nitro benzene ring substituents is 1. The molecule has 0 saturated carbocycles. The van der Waals surface area contributed by atoms with Crippen LogP contribution < -0.4 is 0 Å². The number of rotatable bonds is 5. The fourth-order valence-corrected chi connectivity index (χ4v) is 1.87. The van der Waals surface area contributed by atoms with E-state index in [1.54, 1.807) is 24.5 Å². The topological polar surface area (TPSA) is 56.0 Å². The number of hydrogen-bond acceptors (Lipinski definition) is 3. The number of halogens is 1. The maximum Gasteiger partial charge on any atom is 0.269 e. The molecule has 2 aromatic rings. The number of nitro groups is 1. The molecule has 5 heteroatoms. The van der Waals surface area contributed by atoms with Crippen LogP contribution in [0.3, 0.4) is 0 Å². The van der Waals surface area contributed by atoms with Crippen molar-refractivity contribution in [3.8, 4) is 0 Å². The van der Waals surface area contributed by atoms with Crippen LogP contribution in [-0.2, 0) is 12.8 Å². The highest BCUT2D eigenvalue weighted by Crippen LogP contribution is 2.15. The third-order valence-electron chi connectivity index (χ3n) is 2.80. The van der Waals surface area contributed by atoms with Crippen LogP contribution in [-0.4, -0.2) is 9.91 Å². The van der Waals surface area contributed by atoms with Gasteiger partial charge in [0.05, 0.1) is 4.92 Å². The van der Waals surface area contributed by atoms with E-state index in [4.69, 9.17) is 0 Å². The molecule has 0 atom stereocenters. The number of aryl methyl sites for hydroxylation is 2. The zero-order chi connectivity index (χ0) is 12.8. The first-order valence-corrected chi connectivity index (χ1v) is 5.88. The zero-order valence-electron chi connectivity index (χ0n) is 10.4. The van der Waals surface area contributed by atoms with E-state index >= 15 is 0 Å². The summed E-state index contributed by atoms with van der Waals surface area (Å²) in [5.41, 5.74) is 2.42. The first-order chi connectivity index (χ1) is 8.75. The van der Waals surface area contributed by atoms with Crippen LogP contribution in [0.5, 0.6) is 0 Å². The summed E-state index contributed by atoms with van der Waals surface area (Å²) in [5, 5.41) is 10.6. The molecule has 0 fully saturated rings. The van der Waals surface area contributed by atoms with Crippen molar-refractivity contribution in [2.24, 2.45) is 0 Å². The fourth-order valence-electron chi connectivity index (χ4n) is 1.87. The smallest absolute Gasteiger partial charge is 0.265 e. The maximum absolute atomic E-state index is 10.6. The third-order valence-corrected chi connectivity index (χ3v) is 2.80. The van der Waals surface area contributed by atoms with Gasteiger partial charge in [0, 0.05) is 24.5 Å². The van der Waals surface area contributed by atoms with Gasteiger partial charge in [-0.15, -0.1) is 24.0 Å². The van der Waals surface area contributed by atoms with Gasteiger partial charge in [0.15, 0.2) is 0 Å². The molecule has 0 aliphatic rings. The molecule has 0 aliphatic heterocycles. The Morgan fingerprint density at radius 3 is 2.42 bits per heavy atom. The summed E-state index contributed by atoms with van der Waals surface area (Å²) in [7, 11) is 0. The molecular formula is C14H15IN2O2. The van der Waals surface area contributed by atoms with Crippen LogP contribution in [0.25, 0.3) is 0 Å². The summed E-state index contributed by atoms with van der Waals surface area (Å²) in [6.45, 7) is 0. The number of hydrogen-bond donors (Lipinski definition) is 0. The van der Waals surface area contributed by atoms with E-state index in [9.17, 15) is 10.1 Å². The van der Waals surface area contributed by atoms with Gasteiger partial charge in [0.25, 0.3) is 5.69 Å². The van der Waals surface area contributed by atoms with E-state index in [1.165, 1.54) is 11.6 Å². The highest BCUT2D eigenvalue weighted by Gasteiger charge is 2.05. The molecule has 0 bridgehead atoms. The molecule has 0 spiro atoms. The summed E-state index contributed by atoms with van der Waals surface area (Å²) in [5.74, 6) is 0. The fraction of sp³-hybridized carbons (Fsp3) is 0.214. The number of nitrogens with zero attached hydrogens (tertiary/aromatic N) is 2. The molecule has 1 aromatic heterocycles. The lowest BCUT2D eigenvalue weighted by molar-refractivity contribution is -0.384. The maximum atomic E-state index is 10.6. The van der Waals surface area contributed by atoms with Crippen molar-refractivity contribution in [2.45, 2.75) is 19.3 Å². The zero-order valence-corrected chi connectivity index (χ0v) is 12.7. The second-order valence-electron chi connectivity index (χ2n) is 4.14. The van der Waals surface area contributed by atoms with E-state index in [-0.39, 0.29) is 34.6 Å². The normalized spacial score (nSPS) is 9.68. The van der Waals surface area contributed by atoms with E-state index in [1.807, 2.05) is 18.2 Å². The molecule has 19 heavy (non-hydrogen) atoms. The van der Waals surface area contributed by atoms with Crippen molar-refractivity contribution >= 4 is 29.7 Å². The second kappa shape index (κ2) is 7.83. The highest BCUT2D eigenvalue weighted by molar-refractivity contribution is 14.0. The minimum atomic E-state index is -0.355. The van der Waals surface area contributed by atoms with E-state index in [0.29, 0.717) is 0 Å². The molecule has 0 unspecified atom stereocenters.